The van der Waals surface area contributed by atoms with Crippen LogP contribution < -0.4 is 4.74 Å². The van der Waals surface area contributed by atoms with E-state index in [9.17, 15) is 13.6 Å². The van der Waals surface area contributed by atoms with Crippen LogP contribution in [0, 0.1) is 18.6 Å². The minimum Gasteiger partial charge on any atom is -0.497 e. The van der Waals surface area contributed by atoms with Gasteiger partial charge in [-0.1, -0.05) is 0 Å². The van der Waals surface area contributed by atoms with Crippen LogP contribution in [0.5, 0.6) is 5.75 Å². The third kappa shape index (κ3) is 2.78. The topological polar surface area (TPSA) is 26.3 Å². The lowest BCUT2D eigenvalue weighted by atomic mass is 9.99. The van der Waals surface area contributed by atoms with Crippen LogP contribution in [0.1, 0.15) is 21.5 Å². The van der Waals surface area contributed by atoms with E-state index in [4.69, 9.17) is 4.74 Å². The van der Waals surface area contributed by atoms with Gasteiger partial charge in [-0.05, 0) is 42.8 Å². The van der Waals surface area contributed by atoms with Gasteiger partial charge in [0.05, 0.1) is 7.11 Å². The zero-order valence-corrected chi connectivity index (χ0v) is 10.5. The van der Waals surface area contributed by atoms with Gasteiger partial charge in [-0.25, -0.2) is 8.78 Å². The predicted molar refractivity (Wildman–Crippen MR) is 67.5 cm³/mol. The first-order valence-electron chi connectivity index (χ1n) is 5.66. The van der Waals surface area contributed by atoms with Gasteiger partial charge in [0.25, 0.3) is 0 Å². The zero-order valence-electron chi connectivity index (χ0n) is 10.5. The first kappa shape index (κ1) is 13.2. The van der Waals surface area contributed by atoms with E-state index in [1.54, 1.807) is 25.1 Å². The molecule has 0 bridgehead atoms. The van der Waals surface area contributed by atoms with Crippen LogP contribution in [-0.4, -0.2) is 12.9 Å². The Morgan fingerprint density at radius 3 is 2.21 bits per heavy atom. The molecule has 0 atom stereocenters. The largest absolute Gasteiger partial charge is 0.497 e. The minimum atomic E-state index is -0.769. The molecule has 2 rings (SSSR count). The summed E-state index contributed by atoms with van der Waals surface area (Å²) in [7, 11) is 1.53. The van der Waals surface area contributed by atoms with Crippen LogP contribution in [0.15, 0.2) is 36.4 Å². The Balaban J connectivity index is 2.44. The molecule has 0 spiro atoms. The SMILES string of the molecule is COc1ccc(C(=O)c2cc(F)cc(F)c2)c(C)c1. The first-order valence-corrected chi connectivity index (χ1v) is 5.66. The summed E-state index contributed by atoms with van der Waals surface area (Å²) in [6.07, 6.45) is 0. The lowest BCUT2D eigenvalue weighted by molar-refractivity contribution is 0.103. The molecule has 0 amide bonds. The molecule has 0 unspecified atom stereocenters. The van der Waals surface area contributed by atoms with Gasteiger partial charge >= 0.3 is 0 Å². The predicted octanol–water partition coefficient (Wildman–Crippen LogP) is 3.51. The summed E-state index contributed by atoms with van der Waals surface area (Å²) in [6, 6.07) is 7.69. The highest BCUT2D eigenvalue weighted by Gasteiger charge is 2.14. The van der Waals surface area contributed by atoms with E-state index >= 15 is 0 Å². The van der Waals surface area contributed by atoms with Crippen molar-refractivity contribution in [1.29, 1.82) is 0 Å². The molecule has 0 heterocycles. The Hall–Kier alpha value is -2.23. The van der Waals surface area contributed by atoms with E-state index in [-0.39, 0.29) is 5.56 Å². The maximum Gasteiger partial charge on any atom is 0.193 e. The van der Waals surface area contributed by atoms with E-state index in [1.165, 1.54) is 7.11 Å². The molecule has 19 heavy (non-hydrogen) atoms. The van der Waals surface area contributed by atoms with Crippen molar-refractivity contribution in [3.05, 3.63) is 64.7 Å². The average Bonchev–Trinajstić information content (AvgIpc) is 2.36. The molecule has 0 N–H and O–H groups in total. The standard InChI is InChI=1S/C15H12F2O2/c1-9-5-13(19-2)3-4-14(9)15(18)10-6-11(16)8-12(17)7-10/h3-8H,1-2H3. The molecular formula is C15H12F2O2. The van der Waals surface area contributed by atoms with Crippen molar-refractivity contribution in [2.45, 2.75) is 6.92 Å². The average molecular weight is 262 g/mol. The Morgan fingerprint density at radius 2 is 1.68 bits per heavy atom. The Labute approximate surface area is 109 Å². The molecule has 0 aromatic heterocycles. The molecule has 0 radical (unpaired) electrons. The molecule has 0 saturated carbocycles. The van der Waals surface area contributed by atoms with E-state index in [0.29, 0.717) is 16.9 Å². The molecule has 98 valence electrons. The zero-order chi connectivity index (χ0) is 14.0. The van der Waals surface area contributed by atoms with Crippen LogP contribution in [0.25, 0.3) is 0 Å². The van der Waals surface area contributed by atoms with E-state index in [1.807, 2.05) is 0 Å². The molecule has 2 aromatic carbocycles. The number of ether oxygens (including phenoxy) is 1. The summed E-state index contributed by atoms with van der Waals surface area (Å²) in [5.74, 6) is -1.33. The summed E-state index contributed by atoms with van der Waals surface area (Å²) in [6.45, 7) is 1.74. The van der Waals surface area contributed by atoms with Gasteiger partial charge in [0, 0.05) is 17.2 Å². The van der Waals surface area contributed by atoms with Gasteiger partial charge in [0.2, 0.25) is 0 Å². The third-order valence-corrected chi connectivity index (χ3v) is 2.80. The number of carbonyl (C=O) groups excluding carboxylic acids is 1. The van der Waals surface area contributed by atoms with Gasteiger partial charge in [-0.3, -0.25) is 4.79 Å². The third-order valence-electron chi connectivity index (χ3n) is 2.80. The first-order chi connectivity index (χ1) is 9.01. The van der Waals surface area contributed by atoms with Gasteiger partial charge in [-0.2, -0.15) is 0 Å². The second-order valence-corrected chi connectivity index (χ2v) is 4.17. The fourth-order valence-electron chi connectivity index (χ4n) is 1.86. The second-order valence-electron chi connectivity index (χ2n) is 4.17. The Kier molecular flexibility index (Phi) is 3.60. The molecule has 0 aliphatic carbocycles. The van der Waals surface area contributed by atoms with E-state index in [2.05, 4.69) is 0 Å². The van der Waals surface area contributed by atoms with E-state index < -0.39 is 17.4 Å². The number of halogens is 2. The Morgan fingerprint density at radius 1 is 1.05 bits per heavy atom. The van der Waals surface area contributed by atoms with Crippen LogP contribution in [0.4, 0.5) is 8.78 Å². The Bertz CT molecular complexity index is 616. The van der Waals surface area contributed by atoms with Crippen LogP contribution in [0.3, 0.4) is 0 Å². The lowest BCUT2D eigenvalue weighted by Crippen LogP contribution is -2.05. The number of ketones is 1. The summed E-state index contributed by atoms with van der Waals surface area (Å²) < 4.78 is 31.3. The number of hydrogen-bond acceptors (Lipinski definition) is 2. The number of methoxy groups -OCH3 is 1. The van der Waals surface area contributed by atoms with Gasteiger partial charge in [-0.15, -0.1) is 0 Å². The quantitative estimate of drug-likeness (QED) is 0.791. The lowest BCUT2D eigenvalue weighted by Gasteiger charge is -2.07. The molecule has 2 nitrogen and oxygen atoms in total. The van der Waals surface area contributed by atoms with Crippen molar-refractivity contribution in [2.75, 3.05) is 7.11 Å². The van der Waals surface area contributed by atoms with Gasteiger partial charge in [0.15, 0.2) is 5.78 Å². The van der Waals surface area contributed by atoms with Crippen molar-refractivity contribution in [3.8, 4) is 5.75 Å². The molecule has 0 aliphatic heterocycles. The number of hydrogen-bond donors (Lipinski definition) is 0. The fraction of sp³-hybridized carbons (Fsp3) is 0.133. The van der Waals surface area contributed by atoms with Crippen molar-refractivity contribution in [1.82, 2.24) is 0 Å². The highest BCUT2D eigenvalue weighted by atomic mass is 19.1. The van der Waals surface area contributed by atoms with Gasteiger partial charge in [0.1, 0.15) is 17.4 Å². The van der Waals surface area contributed by atoms with Crippen molar-refractivity contribution in [3.63, 3.8) is 0 Å². The fourth-order valence-corrected chi connectivity index (χ4v) is 1.86. The van der Waals surface area contributed by atoms with Crippen molar-refractivity contribution >= 4 is 5.78 Å². The number of aryl methyl sites for hydroxylation is 1. The molecular weight excluding hydrogens is 250 g/mol. The van der Waals surface area contributed by atoms with Gasteiger partial charge < -0.3 is 4.74 Å². The highest BCUT2D eigenvalue weighted by molar-refractivity contribution is 6.09. The van der Waals surface area contributed by atoms with Crippen LogP contribution in [-0.2, 0) is 0 Å². The number of benzene rings is 2. The summed E-state index contributed by atoms with van der Waals surface area (Å²) in [4.78, 5) is 12.2. The maximum absolute atomic E-state index is 13.1. The van der Waals surface area contributed by atoms with Crippen LogP contribution in [0.2, 0.25) is 0 Å². The maximum atomic E-state index is 13.1. The smallest absolute Gasteiger partial charge is 0.193 e. The van der Waals surface area contributed by atoms with Crippen molar-refractivity contribution < 1.29 is 18.3 Å². The number of carbonyl (C=O) groups is 1. The molecule has 2 aromatic rings. The van der Waals surface area contributed by atoms with Crippen LogP contribution >= 0.6 is 0 Å². The minimum absolute atomic E-state index is 0.00855. The summed E-state index contributed by atoms with van der Waals surface area (Å²) in [5.41, 5.74) is 1.07. The molecule has 0 fully saturated rings. The monoisotopic (exact) mass is 262 g/mol. The molecule has 0 aliphatic rings. The second kappa shape index (κ2) is 5.18. The molecule has 4 heteroatoms. The number of rotatable bonds is 3. The molecule has 0 saturated heterocycles. The van der Waals surface area contributed by atoms with E-state index in [0.717, 1.165) is 18.2 Å². The summed E-state index contributed by atoms with van der Waals surface area (Å²) in [5, 5.41) is 0. The highest BCUT2D eigenvalue weighted by Crippen LogP contribution is 2.20. The van der Waals surface area contributed by atoms with Crippen molar-refractivity contribution in [2.24, 2.45) is 0 Å². The summed E-state index contributed by atoms with van der Waals surface area (Å²) >= 11 is 0. The normalized spacial score (nSPS) is 10.3.